The standard InChI is InChI=1S/C11H12N2O.C2H6/c1-3-10-12-9-7-5-4-6-8(9)11(14)13(10)2;1-2/h4-7H,3H2,1-2H3;1-2H3. The molecule has 0 saturated heterocycles. The van der Waals surface area contributed by atoms with Crippen LogP contribution in [0.15, 0.2) is 29.1 Å². The Balaban J connectivity index is 0.000000606. The Labute approximate surface area is 95.8 Å². The number of nitrogens with zero attached hydrogens (tertiary/aromatic N) is 2. The Bertz CT molecular complexity index is 529. The van der Waals surface area contributed by atoms with E-state index in [0.717, 1.165) is 17.8 Å². The molecule has 0 aliphatic rings. The van der Waals surface area contributed by atoms with Crippen LogP contribution in [0.25, 0.3) is 10.9 Å². The highest BCUT2D eigenvalue weighted by Gasteiger charge is 2.04. The average molecular weight is 218 g/mol. The third kappa shape index (κ3) is 2.13. The lowest BCUT2D eigenvalue weighted by Gasteiger charge is -2.06. The smallest absolute Gasteiger partial charge is 0.261 e. The van der Waals surface area contributed by atoms with Crippen LogP contribution >= 0.6 is 0 Å². The van der Waals surface area contributed by atoms with Gasteiger partial charge in [0.2, 0.25) is 0 Å². The van der Waals surface area contributed by atoms with Crippen LogP contribution in [0.5, 0.6) is 0 Å². The molecule has 16 heavy (non-hydrogen) atoms. The summed E-state index contributed by atoms with van der Waals surface area (Å²) in [7, 11) is 1.76. The summed E-state index contributed by atoms with van der Waals surface area (Å²) >= 11 is 0. The van der Waals surface area contributed by atoms with Crippen molar-refractivity contribution in [1.82, 2.24) is 9.55 Å². The van der Waals surface area contributed by atoms with Crippen molar-refractivity contribution in [3.8, 4) is 0 Å². The SMILES string of the molecule is CC.CCc1nc2ccccc2c(=O)n1C. The van der Waals surface area contributed by atoms with Crippen LogP contribution < -0.4 is 5.56 Å². The first-order valence-electron chi connectivity index (χ1n) is 5.68. The van der Waals surface area contributed by atoms with Crippen LogP contribution in [0, 0.1) is 0 Å². The van der Waals surface area contributed by atoms with E-state index in [1.807, 2.05) is 45.0 Å². The largest absolute Gasteiger partial charge is 0.299 e. The quantitative estimate of drug-likeness (QED) is 0.737. The van der Waals surface area contributed by atoms with Gasteiger partial charge in [-0.2, -0.15) is 0 Å². The summed E-state index contributed by atoms with van der Waals surface area (Å²) in [4.78, 5) is 16.2. The second-order valence-corrected chi connectivity index (χ2v) is 3.26. The molecule has 0 atom stereocenters. The van der Waals surface area contributed by atoms with Crippen LogP contribution in [0.1, 0.15) is 26.6 Å². The van der Waals surface area contributed by atoms with Gasteiger partial charge in [-0.25, -0.2) is 4.98 Å². The van der Waals surface area contributed by atoms with Gasteiger partial charge >= 0.3 is 0 Å². The molecule has 0 spiro atoms. The second kappa shape index (κ2) is 5.45. The molecule has 0 saturated carbocycles. The maximum Gasteiger partial charge on any atom is 0.261 e. The molecule has 86 valence electrons. The number of fused-ring (bicyclic) bond motifs is 1. The summed E-state index contributed by atoms with van der Waals surface area (Å²) in [6.45, 7) is 6.00. The Kier molecular flexibility index (Phi) is 4.23. The molecule has 0 N–H and O–H groups in total. The van der Waals surface area contributed by atoms with Gasteiger partial charge in [-0.3, -0.25) is 9.36 Å². The fraction of sp³-hybridized carbons (Fsp3) is 0.385. The van der Waals surface area contributed by atoms with E-state index in [2.05, 4.69) is 4.98 Å². The summed E-state index contributed by atoms with van der Waals surface area (Å²) in [5.41, 5.74) is 0.819. The van der Waals surface area contributed by atoms with Crippen LogP contribution in [0.2, 0.25) is 0 Å². The fourth-order valence-electron chi connectivity index (χ4n) is 1.58. The topological polar surface area (TPSA) is 34.9 Å². The van der Waals surface area contributed by atoms with Gasteiger partial charge in [0.25, 0.3) is 5.56 Å². The van der Waals surface area contributed by atoms with Gasteiger partial charge < -0.3 is 0 Å². The van der Waals surface area contributed by atoms with Gasteiger partial charge in [0.15, 0.2) is 0 Å². The molecule has 2 aromatic rings. The van der Waals surface area contributed by atoms with E-state index >= 15 is 0 Å². The van der Waals surface area contributed by atoms with Crippen molar-refractivity contribution in [3.05, 3.63) is 40.4 Å². The molecule has 0 fully saturated rings. The highest BCUT2D eigenvalue weighted by molar-refractivity contribution is 5.77. The van der Waals surface area contributed by atoms with Crippen molar-refractivity contribution in [2.75, 3.05) is 0 Å². The van der Waals surface area contributed by atoms with E-state index in [1.165, 1.54) is 0 Å². The molecule has 0 amide bonds. The molecule has 1 aromatic heterocycles. The number of aromatic nitrogens is 2. The monoisotopic (exact) mass is 218 g/mol. The maximum absolute atomic E-state index is 11.8. The molecule has 0 unspecified atom stereocenters. The fourth-order valence-corrected chi connectivity index (χ4v) is 1.58. The first-order valence-corrected chi connectivity index (χ1v) is 5.68. The predicted molar refractivity (Wildman–Crippen MR) is 67.7 cm³/mol. The highest BCUT2D eigenvalue weighted by Crippen LogP contribution is 2.06. The molecule has 0 bridgehead atoms. The van der Waals surface area contributed by atoms with Gasteiger partial charge in [0, 0.05) is 13.5 Å². The molecular weight excluding hydrogens is 200 g/mol. The Morgan fingerprint density at radius 2 is 1.88 bits per heavy atom. The molecule has 2 rings (SSSR count). The van der Waals surface area contributed by atoms with Gasteiger partial charge in [0.05, 0.1) is 10.9 Å². The third-order valence-electron chi connectivity index (χ3n) is 2.39. The van der Waals surface area contributed by atoms with E-state index in [-0.39, 0.29) is 5.56 Å². The van der Waals surface area contributed by atoms with E-state index in [4.69, 9.17) is 0 Å². The minimum Gasteiger partial charge on any atom is -0.299 e. The Hall–Kier alpha value is -1.64. The average Bonchev–Trinajstić information content (AvgIpc) is 2.36. The Morgan fingerprint density at radius 3 is 2.50 bits per heavy atom. The van der Waals surface area contributed by atoms with Gasteiger partial charge in [-0.05, 0) is 12.1 Å². The summed E-state index contributed by atoms with van der Waals surface area (Å²) in [6.07, 6.45) is 0.774. The molecule has 0 aliphatic carbocycles. The third-order valence-corrected chi connectivity index (χ3v) is 2.39. The van der Waals surface area contributed by atoms with E-state index in [9.17, 15) is 4.79 Å². The van der Waals surface area contributed by atoms with Crippen molar-refractivity contribution >= 4 is 10.9 Å². The van der Waals surface area contributed by atoms with Gasteiger partial charge in [-0.1, -0.05) is 32.9 Å². The minimum atomic E-state index is 0.0347. The molecular formula is C13H18N2O. The summed E-state index contributed by atoms with van der Waals surface area (Å²) in [5.74, 6) is 0.828. The number of para-hydroxylation sites is 1. The molecule has 0 radical (unpaired) electrons. The lowest BCUT2D eigenvalue weighted by atomic mass is 10.2. The van der Waals surface area contributed by atoms with Crippen LogP contribution in [-0.4, -0.2) is 9.55 Å². The molecule has 3 nitrogen and oxygen atoms in total. The first kappa shape index (κ1) is 12.4. The van der Waals surface area contributed by atoms with Crippen molar-refractivity contribution in [2.45, 2.75) is 27.2 Å². The van der Waals surface area contributed by atoms with Gasteiger partial charge in [0.1, 0.15) is 5.82 Å². The van der Waals surface area contributed by atoms with Crippen molar-refractivity contribution in [1.29, 1.82) is 0 Å². The number of hydrogen-bond donors (Lipinski definition) is 0. The number of benzene rings is 1. The molecule has 1 aromatic carbocycles. The number of hydrogen-bond acceptors (Lipinski definition) is 2. The van der Waals surface area contributed by atoms with E-state index < -0.39 is 0 Å². The second-order valence-electron chi connectivity index (χ2n) is 3.26. The maximum atomic E-state index is 11.8. The zero-order valence-corrected chi connectivity index (χ0v) is 10.3. The summed E-state index contributed by atoms with van der Waals surface area (Å²) < 4.78 is 1.61. The predicted octanol–water partition coefficient (Wildman–Crippen LogP) is 2.52. The molecule has 0 aliphatic heterocycles. The Morgan fingerprint density at radius 1 is 1.25 bits per heavy atom. The zero-order valence-electron chi connectivity index (χ0n) is 10.3. The van der Waals surface area contributed by atoms with E-state index in [0.29, 0.717) is 5.39 Å². The van der Waals surface area contributed by atoms with Gasteiger partial charge in [-0.15, -0.1) is 0 Å². The molecule has 1 heterocycles. The summed E-state index contributed by atoms with van der Waals surface area (Å²) in [6, 6.07) is 7.44. The van der Waals surface area contributed by atoms with Crippen LogP contribution in [0.3, 0.4) is 0 Å². The van der Waals surface area contributed by atoms with Crippen molar-refractivity contribution in [2.24, 2.45) is 7.05 Å². The normalized spacial score (nSPS) is 9.75. The lowest BCUT2D eigenvalue weighted by Crippen LogP contribution is -2.21. The number of aryl methyl sites for hydroxylation is 1. The van der Waals surface area contributed by atoms with Crippen molar-refractivity contribution in [3.63, 3.8) is 0 Å². The lowest BCUT2D eigenvalue weighted by molar-refractivity contribution is 0.752. The summed E-state index contributed by atoms with van der Waals surface area (Å²) in [5, 5.41) is 0.687. The van der Waals surface area contributed by atoms with Crippen LogP contribution in [0.4, 0.5) is 0 Å². The van der Waals surface area contributed by atoms with E-state index in [1.54, 1.807) is 11.6 Å². The zero-order chi connectivity index (χ0) is 12.1. The number of rotatable bonds is 1. The minimum absolute atomic E-state index is 0.0347. The van der Waals surface area contributed by atoms with Crippen LogP contribution in [-0.2, 0) is 13.5 Å². The molecule has 3 heteroatoms. The highest BCUT2D eigenvalue weighted by atomic mass is 16.1. The first-order chi connectivity index (χ1) is 7.74. The van der Waals surface area contributed by atoms with Crippen molar-refractivity contribution < 1.29 is 0 Å².